The third-order valence-electron chi connectivity index (χ3n) is 4.14. The minimum absolute atomic E-state index is 0.109. The fourth-order valence-corrected chi connectivity index (χ4v) is 4.29. The standard InChI is InChI=1S/C20H25ClN2O4S/c1-3-4-12-22-20(24)17(13-15-8-6-5-7-9-15)23-28(25,26)19-14-16(21)10-11-18(19)27-2/h5-11,14,17,23H,3-4,12-13H2,1-2H3,(H,22,24)/t17-/m0/s1. The highest BCUT2D eigenvalue weighted by Crippen LogP contribution is 2.27. The highest BCUT2D eigenvalue weighted by atomic mass is 35.5. The van der Waals surface area contributed by atoms with E-state index in [0.29, 0.717) is 6.54 Å². The Labute approximate surface area is 171 Å². The zero-order valence-corrected chi connectivity index (χ0v) is 17.5. The highest BCUT2D eigenvalue weighted by molar-refractivity contribution is 7.89. The Hall–Kier alpha value is -2.09. The lowest BCUT2D eigenvalue weighted by Gasteiger charge is -2.19. The molecule has 28 heavy (non-hydrogen) atoms. The third-order valence-corrected chi connectivity index (χ3v) is 5.87. The molecule has 2 rings (SSSR count). The van der Waals surface area contributed by atoms with Gasteiger partial charge in [0.25, 0.3) is 0 Å². The summed E-state index contributed by atoms with van der Waals surface area (Å²) in [6.07, 6.45) is 1.97. The van der Waals surface area contributed by atoms with Crippen molar-refractivity contribution in [2.45, 2.75) is 37.1 Å². The summed E-state index contributed by atoms with van der Waals surface area (Å²) in [5, 5.41) is 3.05. The molecule has 8 heteroatoms. The summed E-state index contributed by atoms with van der Waals surface area (Å²) in [6, 6.07) is 12.6. The van der Waals surface area contributed by atoms with Crippen LogP contribution in [0.4, 0.5) is 0 Å². The maximum atomic E-state index is 13.0. The van der Waals surface area contributed by atoms with E-state index in [4.69, 9.17) is 16.3 Å². The molecular formula is C20H25ClN2O4S. The molecule has 1 atom stereocenters. The molecule has 2 N–H and O–H groups in total. The number of rotatable bonds is 10. The predicted molar refractivity (Wildman–Crippen MR) is 110 cm³/mol. The first kappa shape index (κ1) is 22.2. The Morgan fingerprint density at radius 2 is 1.89 bits per heavy atom. The summed E-state index contributed by atoms with van der Waals surface area (Å²) in [5.41, 5.74) is 0.846. The van der Waals surface area contributed by atoms with Gasteiger partial charge in [0.15, 0.2) is 0 Å². The zero-order chi connectivity index (χ0) is 20.6. The van der Waals surface area contributed by atoms with Gasteiger partial charge in [0.1, 0.15) is 16.7 Å². The van der Waals surface area contributed by atoms with Crippen molar-refractivity contribution < 1.29 is 17.9 Å². The van der Waals surface area contributed by atoms with Gasteiger partial charge in [0.2, 0.25) is 15.9 Å². The Morgan fingerprint density at radius 1 is 1.18 bits per heavy atom. The van der Waals surface area contributed by atoms with Crippen molar-refractivity contribution in [3.63, 3.8) is 0 Å². The van der Waals surface area contributed by atoms with Crippen molar-refractivity contribution in [2.75, 3.05) is 13.7 Å². The average molecular weight is 425 g/mol. The molecule has 0 saturated carbocycles. The molecule has 0 radical (unpaired) electrons. The van der Waals surface area contributed by atoms with Gasteiger partial charge in [-0.15, -0.1) is 0 Å². The van der Waals surface area contributed by atoms with Crippen LogP contribution in [0.2, 0.25) is 5.02 Å². The van der Waals surface area contributed by atoms with Crippen LogP contribution in [0, 0.1) is 0 Å². The van der Waals surface area contributed by atoms with Crippen molar-refractivity contribution in [3.05, 3.63) is 59.1 Å². The lowest BCUT2D eigenvalue weighted by atomic mass is 10.1. The molecule has 152 valence electrons. The molecule has 0 fully saturated rings. The monoisotopic (exact) mass is 424 g/mol. The number of amides is 1. The van der Waals surface area contributed by atoms with Crippen molar-refractivity contribution in [1.29, 1.82) is 0 Å². The Morgan fingerprint density at radius 3 is 2.54 bits per heavy atom. The number of sulfonamides is 1. The van der Waals surface area contributed by atoms with E-state index in [9.17, 15) is 13.2 Å². The molecule has 0 aliphatic rings. The summed E-state index contributed by atoms with van der Waals surface area (Å²) >= 11 is 5.97. The minimum atomic E-state index is -4.04. The predicted octanol–water partition coefficient (Wildman–Crippen LogP) is 3.15. The molecule has 6 nitrogen and oxygen atoms in total. The zero-order valence-electron chi connectivity index (χ0n) is 15.9. The molecule has 0 aliphatic carbocycles. The van der Waals surface area contributed by atoms with E-state index < -0.39 is 16.1 Å². The van der Waals surface area contributed by atoms with Gasteiger partial charge in [-0.25, -0.2) is 8.42 Å². The van der Waals surface area contributed by atoms with Crippen molar-refractivity contribution in [1.82, 2.24) is 10.0 Å². The van der Waals surface area contributed by atoms with Crippen LogP contribution in [0.15, 0.2) is 53.4 Å². The van der Waals surface area contributed by atoms with Gasteiger partial charge in [0.05, 0.1) is 7.11 Å². The Balaban J connectivity index is 2.29. The van der Waals surface area contributed by atoms with Crippen LogP contribution in [0.1, 0.15) is 25.3 Å². The van der Waals surface area contributed by atoms with Crippen molar-refractivity contribution >= 4 is 27.5 Å². The van der Waals surface area contributed by atoms with Gasteiger partial charge in [-0.3, -0.25) is 4.79 Å². The number of methoxy groups -OCH3 is 1. The summed E-state index contributed by atoms with van der Waals surface area (Å²) in [7, 11) is -2.66. The normalized spacial score (nSPS) is 12.4. The highest BCUT2D eigenvalue weighted by Gasteiger charge is 2.28. The molecule has 1 amide bonds. The number of hydrogen-bond donors (Lipinski definition) is 2. The molecular weight excluding hydrogens is 400 g/mol. The number of nitrogens with one attached hydrogen (secondary N) is 2. The lowest BCUT2D eigenvalue weighted by molar-refractivity contribution is -0.122. The first-order valence-corrected chi connectivity index (χ1v) is 10.9. The van der Waals surface area contributed by atoms with Crippen molar-refractivity contribution in [2.24, 2.45) is 0 Å². The molecule has 0 heterocycles. The summed E-state index contributed by atoms with van der Waals surface area (Å²) in [5.74, 6) is -0.219. The van der Waals surface area contributed by atoms with E-state index >= 15 is 0 Å². The average Bonchev–Trinajstić information content (AvgIpc) is 2.68. The largest absolute Gasteiger partial charge is 0.495 e. The molecule has 0 aliphatic heterocycles. The van der Waals surface area contributed by atoms with Crippen LogP contribution in [-0.2, 0) is 21.2 Å². The van der Waals surface area contributed by atoms with Crippen LogP contribution in [0.5, 0.6) is 5.75 Å². The second-order valence-corrected chi connectivity index (χ2v) is 8.42. The number of halogens is 1. The first-order chi connectivity index (χ1) is 13.4. The molecule has 2 aromatic carbocycles. The van der Waals surface area contributed by atoms with Gasteiger partial charge in [-0.1, -0.05) is 55.3 Å². The number of carbonyl (C=O) groups is 1. The minimum Gasteiger partial charge on any atom is -0.495 e. The molecule has 2 aromatic rings. The SMILES string of the molecule is CCCCNC(=O)[C@H](Cc1ccccc1)NS(=O)(=O)c1cc(Cl)ccc1OC. The second-order valence-electron chi connectivity index (χ2n) is 6.30. The summed E-state index contributed by atoms with van der Waals surface area (Å²) < 4.78 is 33.6. The number of benzene rings is 2. The van der Waals surface area contributed by atoms with E-state index in [1.807, 2.05) is 37.3 Å². The van der Waals surface area contributed by atoms with Crippen LogP contribution in [0.3, 0.4) is 0 Å². The summed E-state index contributed by atoms with van der Waals surface area (Å²) in [4.78, 5) is 12.5. The maximum absolute atomic E-state index is 13.0. The van der Waals surface area contributed by atoms with Crippen LogP contribution in [0.25, 0.3) is 0 Å². The molecule has 0 aromatic heterocycles. The molecule has 0 saturated heterocycles. The Bertz CT molecular complexity index is 888. The fourth-order valence-electron chi connectivity index (χ4n) is 2.66. The van der Waals surface area contributed by atoms with Gasteiger partial charge >= 0.3 is 0 Å². The van der Waals surface area contributed by atoms with E-state index in [2.05, 4.69) is 10.0 Å². The third kappa shape index (κ3) is 6.22. The van der Waals surface area contributed by atoms with E-state index in [1.54, 1.807) is 0 Å². The first-order valence-electron chi connectivity index (χ1n) is 9.05. The molecule has 0 unspecified atom stereocenters. The van der Waals surface area contributed by atoms with Gasteiger partial charge in [-0.2, -0.15) is 4.72 Å². The molecule has 0 spiro atoms. The fraction of sp³-hybridized carbons (Fsp3) is 0.350. The van der Waals surface area contributed by atoms with Crippen molar-refractivity contribution in [3.8, 4) is 5.75 Å². The van der Waals surface area contributed by atoms with Crippen LogP contribution in [-0.4, -0.2) is 34.0 Å². The van der Waals surface area contributed by atoms with Crippen LogP contribution < -0.4 is 14.8 Å². The quantitative estimate of drug-likeness (QED) is 0.574. The Kier molecular flexibility index (Phi) is 8.29. The van der Waals surface area contributed by atoms with E-state index in [0.717, 1.165) is 18.4 Å². The number of hydrogen-bond acceptors (Lipinski definition) is 4. The second kappa shape index (κ2) is 10.5. The smallest absolute Gasteiger partial charge is 0.245 e. The number of carbonyl (C=O) groups excluding carboxylic acids is 1. The number of ether oxygens (including phenoxy) is 1. The summed E-state index contributed by atoms with van der Waals surface area (Å²) in [6.45, 7) is 2.50. The van der Waals surface area contributed by atoms with Crippen LogP contribution >= 0.6 is 11.6 Å². The topological polar surface area (TPSA) is 84.5 Å². The lowest BCUT2D eigenvalue weighted by Crippen LogP contribution is -2.48. The number of unbranched alkanes of at least 4 members (excludes halogenated alkanes) is 1. The van der Waals surface area contributed by atoms with E-state index in [-0.39, 0.29) is 28.0 Å². The van der Waals surface area contributed by atoms with Gasteiger partial charge in [-0.05, 0) is 36.6 Å². The van der Waals surface area contributed by atoms with Gasteiger partial charge < -0.3 is 10.1 Å². The van der Waals surface area contributed by atoms with Gasteiger partial charge in [0, 0.05) is 11.6 Å². The maximum Gasteiger partial charge on any atom is 0.245 e. The van der Waals surface area contributed by atoms with E-state index in [1.165, 1.54) is 25.3 Å². The molecule has 0 bridgehead atoms.